The van der Waals surface area contributed by atoms with Gasteiger partial charge in [0.2, 0.25) is 0 Å². The topological polar surface area (TPSA) is 88.1 Å². The van der Waals surface area contributed by atoms with Gasteiger partial charge in [0, 0.05) is 19.2 Å². The summed E-state index contributed by atoms with van der Waals surface area (Å²) in [6.07, 6.45) is 1.36. The average molecular weight is 440 g/mol. The Kier molecular flexibility index (Phi) is 5.43. The third-order valence-corrected chi connectivity index (χ3v) is 5.07. The zero-order chi connectivity index (χ0) is 23.0. The summed E-state index contributed by atoms with van der Waals surface area (Å²) in [6.45, 7) is 1.81. The maximum Gasteiger partial charge on any atom is 0.337 e. The molecular formula is C22H18F2N4O4. The minimum Gasteiger partial charge on any atom is -0.465 e. The number of esters is 1. The molecule has 8 nitrogen and oxygen atoms in total. The number of hydrogen-bond donors (Lipinski definition) is 0. The summed E-state index contributed by atoms with van der Waals surface area (Å²) in [5, 5.41) is 0. The van der Waals surface area contributed by atoms with E-state index in [1.54, 1.807) is 31.2 Å². The molecule has 2 aromatic carbocycles. The first kappa shape index (κ1) is 21.2. The lowest BCUT2D eigenvalue weighted by atomic mass is 10.1. The number of rotatable bonds is 5. The number of aromatic nitrogens is 4. The molecule has 0 spiro atoms. The van der Waals surface area contributed by atoms with Crippen LogP contribution in [0.3, 0.4) is 0 Å². The molecule has 0 bridgehead atoms. The van der Waals surface area contributed by atoms with Gasteiger partial charge in [-0.2, -0.15) is 0 Å². The number of hydrogen-bond acceptors (Lipinski definition) is 5. The molecule has 2 heterocycles. The molecule has 10 heteroatoms. The molecular weight excluding hydrogens is 422 g/mol. The fraction of sp³-hybridized carbons (Fsp3) is 0.182. The number of nitrogens with zero attached hydrogens (tertiary/aromatic N) is 4. The first-order chi connectivity index (χ1) is 15.3. The summed E-state index contributed by atoms with van der Waals surface area (Å²) in [4.78, 5) is 42.0. The molecule has 0 aliphatic carbocycles. The van der Waals surface area contributed by atoms with Crippen LogP contribution < -0.4 is 11.2 Å². The summed E-state index contributed by atoms with van der Waals surface area (Å²) in [5.41, 5.74) is -0.563. The lowest BCUT2D eigenvalue weighted by Gasteiger charge is -2.12. The fourth-order valence-corrected chi connectivity index (χ4v) is 3.57. The van der Waals surface area contributed by atoms with Crippen molar-refractivity contribution in [1.29, 1.82) is 0 Å². The van der Waals surface area contributed by atoms with Crippen molar-refractivity contribution in [2.24, 2.45) is 0 Å². The molecule has 0 aliphatic rings. The molecule has 4 rings (SSSR count). The van der Waals surface area contributed by atoms with Gasteiger partial charge >= 0.3 is 11.7 Å². The summed E-state index contributed by atoms with van der Waals surface area (Å²) >= 11 is 0. The third-order valence-electron chi connectivity index (χ3n) is 5.07. The van der Waals surface area contributed by atoms with E-state index in [2.05, 4.69) is 4.98 Å². The molecule has 0 saturated heterocycles. The van der Waals surface area contributed by atoms with E-state index in [0.717, 1.165) is 21.3 Å². The van der Waals surface area contributed by atoms with Gasteiger partial charge in [0.1, 0.15) is 11.6 Å². The highest BCUT2D eigenvalue weighted by atomic mass is 19.1. The van der Waals surface area contributed by atoms with Crippen molar-refractivity contribution in [3.63, 3.8) is 0 Å². The third kappa shape index (κ3) is 3.49. The van der Waals surface area contributed by atoms with Crippen molar-refractivity contribution in [3.05, 3.63) is 92.4 Å². The van der Waals surface area contributed by atoms with E-state index in [1.807, 2.05) is 0 Å². The van der Waals surface area contributed by atoms with Crippen LogP contribution in [0, 0.1) is 11.6 Å². The van der Waals surface area contributed by atoms with Crippen LogP contribution >= 0.6 is 0 Å². The lowest BCUT2D eigenvalue weighted by molar-refractivity contribution is 0.0600. The first-order valence-corrected chi connectivity index (χ1v) is 9.69. The van der Waals surface area contributed by atoms with Gasteiger partial charge in [-0.25, -0.2) is 27.9 Å². The van der Waals surface area contributed by atoms with Gasteiger partial charge in [-0.15, -0.1) is 0 Å². The Morgan fingerprint density at radius 3 is 2.59 bits per heavy atom. The first-order valence-electron chi connectivity index (χ1n) is 9.69. The molecule has 164 valence electrons. The van der Waals surface area contributed by atoms with Crippen LogP contribution in [0.25, 0.3) is 16.9 Å². The van der Waals surface area contributed by atoms with E-state index in [-0.39, 0.29) is 29.9 Å². The second kappa shape index (κ2) is 8.22. The maximum absolute atomic E-state index is 14.5. The molecule has 0 N–H and O–H groups in total. The highest BCUT2D eigenvalue weighted by molar-refractivity contribution is 5.89. The zero-order valence-corrected chi connectivity index (χ0v) is 17.2. The van der Waals surface area contributed by atoms with E-state index >= 15 is 0 Å². The largest absolute Gasteiger partial charge is 0.465 e. The molecule has 0 aliphatic heterocycles. The van der Waals surface area contributed by atoms with Crippen LogP contribution in [0.5, 0.6) is 0 Å². The Hall–Kier alpha value is -4.08. The fourth-order valence-electron chi connectivity index (χ4n) is 3.57. The number of carbonyl (C=O) groups is 1. The van der Waals surface area contributed by atoms with Gasteiger partial charge in [0.05, 0.1) is 24.7 Å². The number of ether oxygens (including phenoxy) is 1. The number of fused-ring (bicyclic) bond motifs is 1. The van der Waals surface area contributed by atoms with Gasteiger partial charge in [-0.3, -0.25) is 9.36 Å². The second-order valence-electron chi connectivity index (χ2n) is 7.00. The Bertz CT molecular complexity index is 1470. The molecule has 2 aromatic heterocycles. The maximum atomic E-state index is 14.5. The lowest BCUT2D eigenvalue weighted by Crippen LogP contribution is -2.40. The predicted octanol–water partition coefficient (Wildman–Crippen LogP) is 2.48. The minimum absolute atomic E-state index is 0.0411. The number of halogens is 2. The van der Waals surface area contributed by atoms with E-state index < -0.39 is 28.9 Å². The van der Waals surface area contributed by atoms with Gasteiger partial charge in [0.15, 0.2) is 11.2 Å². The van der Waals surface area contributed by atoms with Crippen molar-refractivity contribution in [2.45, 2.75) is 20.0 Å². The van der Waals surface area contributed by atoms with E-state index in [9.17, 15) is 23.2 Å². The molecule has 0 fully saturated rings. The Morgan fingerprint density at radius 1 is 1.12 bits per heavy atom. The normalized spacial score (nSPS) is 11.1. The van der Waals surface area contributed by atoms with Crippen LogP contribution in [0.2, 0.25) is 0 Å². The Morgan fingerprint density at radius 2 is 1.91 bits per heavy atom. The quantitative estimate of drug-likeness (QED) is 0.445. The molecule has 0 saturated carbocycles. The van der Waals surface area contributed by atoms with Crippen LogP contribution in [0.15, 0.2) is 58.4 Å². The summed E-state index contributed by atoms with van der Waals surface area (Å²) in [6, 6.07) is 9.44. The van der Waals surface area contributed by atoms with E-state index in [0.29, 0.717) is 17.2 Å². The van der Waals surface area contributed by atoms with Crippen molar-refractivity contribution < 1.29 is 18.3 Å². The van der Waals surface area contributed by atoms with Crippen molar-refractivity contribution in [2.75, 3.05) is 7.11 Å². The molecule has 0 radical (unpaired) electrons. The zero-order valence-electron chi connectivity index (χ0n) is 17.2. The van der Waals surface area contributed by atoms with Gasteiger partial charge in [0.25, 0.3) is 5.56 Å². The monoisotopic (exact) mass is 440 g/mol. The van der Waals surface area contributed by atoms with Gasteiger partial charge in [-0.1, -0.05) is 12.1 Å². The molecule has 0 amide bonds. The number of carbonyl (C=O) groups excluding carboxylic acids is 1. The number of imidazole rings is 1. The van der Waals surface area contributed by atoms with Crippen molar-refractivity contribution in [3.8, 4) is 5.69 Å². The van der Waals surface area contributed by atoms with Gasteiger partial charge < -0.3 is 9.30 Å². The molecule has 0 unspecified atom stereocenters. The van der Waals surface area contributed by atoms with Gasteiger partial charge in [-0.05, 0) is 36.8 Å². The Balaban J connectivity index is 1.94. The predicted molar refractivity (Wildman–Crippen MR) is 112 cm³/mol. The number of methoxy groups -OCH3 is 1. The average Bonchev–Trinajstić information content (AvgIpc) is 3.18. The smallest absolute Gasteiger partial charge is 0.337 e. The van der Waals surface area contributed by atoms with Crippen LogP contribution in [-0.4, -0.2) is 31.8 Å². The minimum atomic E-state index is -0.963. The molecule has 4 aromatic rings. The molecule has 32 heavy (non-hydrogen) atoms. The standard InChI is InChI=1S/C22H18F2N4O4/c1-3-27-20(29)18-19(28(22(27)31)17-8-7-15(23)10-16(17)24)25-12-26(18)11-13-5-4-6-14(9-13)21(30)32-2/h4-10,12H,3,11H2,1-2H3. The van der Waals surface area contributed by atoms with Crippen molar-refractivity contribution in [1.82, 2.24) is 18.7 Å². The van der Waals surface area contributed by atoms with E-state index in [1.165, 1.54) is 18.0 Å². The summed E-state index contributed by atoms with van der Waals surface area (Å²) in [5.74, 6) is -2.26. The molecule has 0 atom stereocenters. The summed E-state index contributed by atoms with van der Waals surface area (Å²) < 4.78 is 36.1. The number of benzene rings is 2. The van der Waals surface area contributed by atoms with Crippen LogP contribution in [0.1, 0.15) is 22.8 Å². The van der Waals surface area contributed by atoms with E-state index in [4.69, 9.17) is 4.74 Å². The van der Waals surface area contributed by atoms with Crippen LogP contribution in [-0.2, 0) is 17.8 Å². The highest BCUT2D eigenvalue weighted by Gasteiger charge is 2.21. The summed E-state index contributed by atoms with van der Waals surface area (Å²) in [7, 11) is 1.28. The SMILES string of the molecule is CCn1c(=O)c2c(ncn2Cc2cccc(C(=O)OC)c2)n(-c2ccc(F)cc2F)c1=O. The van der Waals surface area contributed by atoms with Crippen molar-refractivity contribution >= 4 is 17.1 Å². The van der Waals surface area contributed by atoms with Crippen LogP contribution in [0.4, 0.5) is 8.78 Å². The second-order valence-corrected chi connectivity index (χ2v) is 7.00. The Labute approximate surface area is 179 Å². The highest BCUT2D eigenvalue weighted by Crippen LogP contribution is 2.18.